The van der Waals surface area contributed by atoms with Crippen LogP contribution in [0.2, 0.25) is 0 Å². The Bertz CT molecular complexity index is 394. The molecule has 1 aromatic carbocycles. The highest BCUT2D eigenvalue weighted by molar-refractivity contribution is 5.25. The van der Waals surface area contributed by atoms with Crippen molar-refractivity contribution < 1.29 is 4.74 Å². The van der Waals surface area contributed by atoms with Gasteiger partial charge in [0.1, 0.15) is 0 Å². The van der Waals surface area contributed by atoms with Crippen LogP contribution in [0.4, 0.5) is 0 Å². The Kier molecular flexibility index (Phi) is 5.37. The molecule has 0 aromatic heterocycles. The molecule has 1 aliphatic rings. The van der Waals surface area contributed by atoms with E-state index in [1.165, 1.54) is 24.1 Å². The van der Waals surface area contributed by atoms with Crippen molar-refractivity contribution in [3.05, 3.63) is 35.4 Å². The van der Waals surface area contributed by atoms with Gasteiger partial charge in [-0.3, -0.25) is 0 Å². The second-order valence-electron chi connectivity index (χ2n) is 5.49. The first kappa shape index (κ1) is 14.5. The molecule has 0 spiro atoms. The molecule has 0 radical (unpaired) electrons. The molecule has 1 heterocycles. The number of nitrogens with one attached hydrogen (secondary N) is 1. The largest absolute Gasteiger partial charge is 0.380 e. The number of aryl methyl sites for hydroxylation is 1. The molecule has 19 heavy (non-hydrogen) atoms. The summed E-state index contributed by atoms with van der Waals surface area (Å²) in [4.78, 5) is 2.51. The smallest absolute Gasteiger partial charge is 0.0710 e. The van der Waals surface area contributed by atoms with Crippen LogP contribution in [0.1, 0.15) is 30.0 Å². The SMILES string of the molecule is CNC(CCN1CCC(OC)C1)c1cccc(C)c1. The lowest BCUT2D eigenvalue weighted by atomic mass is 10.0. The monoisotopic (exact) mass is 262 g/mol. The molecule has 3 heteroatoms. The zero-order valence-electron chi connectivity index (χ0n) is 12.4. The molecule has 106 valence electrons. The predicted octanol–water partition coefficient (Wildman–Crippen LogP) is 2.37. The van der Waals surface area contributed by atoms with Gasteiger partial charge < -0.3 is 15.0 Å². The molecule has 0 saturated carbocycles. The van der Waals surface area contributed by atoms with Gasteiger partial charge in [-0.2, -0.15) is 0 Å². The average molecular weight is 262 g/mol. The van der Waals surface area contributed by atoms with E-state index in [4.69, 9.17) is 4.74 Å². The highest BCUT2D eigenvalue weighted by Gasteiger charge is 2.22. The lowest BCUT2D eigenvalue weighted by molar-refractivity contribution is 0.107. The molecule has 0 aliphatic carbocycles. The van der Waals surface area contributed by atoms with Crippen LogP contribution in [0.15, 0.2) is 24.3 Å². The molecule has 3 nitrogen and oxygen atoms in total. The van der Waals surface area contributed by atoms with E-state index in [-0.39, 0.29) is 0 Å². The fourth-order valence-electron chi connectivity index (χ4n) is 2.87. The minimum atomic E-state index is 0.437. The van der Waals surface area contributed by atoms with Gasteiger partial charge in [0.05, 0.1) is 6.10 Å². The van der Waals surface area contributed by atoms with Crippen molar-refractivity contribution in [3.8, 4) is 0 Å². The van der Waals surface area contributed by atoms with Crippen LogP contribution >= 0.6 is 0 Å². The lowest BCUT2D eigenvalue weighted by Gasteiger charge is -2.21. The van der Waals surface area contributed by atoms with E-state index < -0.39 is 0 Å². The van der Waals surface area contributed by atoms with E-state index in [0.717, 1.165) is 19.5 Å². The normalized spacial score (nSPS) is 21.7. The summed E-state index contributed by atoms with van der Waals surface area (Å²) in [6, 6.07) is 9.24. The van der Waals surface area contributed by atoms with E-state index in [1.807, 2.05) is 7.11 Å². The first-order valence-corrected chi connectivity index (χ1v) is 7.22. The number of ether oxygens (including phenoxy) is 1. The van der Waals surface area contributed by atoms with Crippen molar-refractivity contribution in [2.45, 2.75) is 31.9 Å². The first-order chi connectivity index (χ1) is 9.22. The zero-order chi connectivity index (χ0) is 13.7. The Labute approximate surface area is 116 Å². The summed E-state index contributed by atoms with van der Waals surface area (Å²) in [7, 11) is 3.87. The number of hydrogen-bond acceptors (Lipinski definition) is 3. The highest BCUT2D eigenvalue weighted by atomic mass is 16.5. The number of benzene rings is 1. The van der Waals surface area contributed by atoms with E-state index in [1.54, 1.807) is 0 Å². The maximum absolute atomic E-state index is 5.42. The Hall–Kier alpha value is -0.900. The maximum atomic E-state index is 5.42. The van der Waals surface area contributed by atoms with Crippen LogP contribution in [0.3, 0.4) is 0 Å². The zero-order valence-corrected chi connectivity index (χ0v) is 12.4. The van der Waals surface area contributed by atoms with Gasteiger partial charge in [0.2, 0.25) is 0 Å². The van der Waals surface area contributed by atoms with Crippen molar-refractivity contribution in [2.24, 2.45) is 0 Å². The standard InChI is InChI=1S/C16H26N2O/c1-13-5-4-6-14(11-13)16(17-2)8-10-18-9-7-15(12-18)19-3/h4-6,11,15-17H,7-10,12H2,1-3H3. The molecular formula is C16H26N2O. The molecule has 0 amide bonds. The Morgan fingerprint density at radius 3 is 2.95 bits per heavy atom. The second kappa shape index (κ2) is 7.04. The van der Waals surface area contributed by atoms with Crippen molar-refractivity contribution >= 4 is 0 Å². The molecule has 2 rings (SSSR count). The number of nitrogens with zero attached hydrogens (tertiary/aromatic N) is 1. The molecule has 0 bridgehead atoms. The summed E-state index contributed by atoms with van der Waals surface area (Å²) in [5.41, 5.74) is 2.73. The third-order valence-electron chi connectivity index (χ3n) is 4.09. The topological polar surface area (TPSA) is 24.5 Å². The molecule has 2 unspecified atom stereocenters. The van der Waals surface area contributed by atoms with Gasteiger partial charge in [0, 0.05) is 32.8 Å². The van der Waals surface area contributed by atoms with E-state index in [9.17, 15) is 0 Å². The van der Waals surface area contributed by atoms with Gasteiger partial charge >= 0.3 is 0 Å². The minimum absolute atomic E-state index is 0.437. The molecule has 2 atom stereocenters. The third kappa shape index (κ3) is 4.03. The second-order valence-corrected chi connectivity index (χ2v) is 5.49. The van der Waals surface area contributed by atoms with Gasteiger partial charge in [-0.1, -0.05) is 29.8 Å². The van der Waals surface area contributed by atoms with Gasteiger partial charge in [-0.05, 0) is 32.4 Å². The minimum Gasteiger partial charge on any atom is -0.380 e. The number of methoxy groups -OCH3 is 1. The summed E-state index contributed by atoms with van der Waals surface area (Å²) < 4.78 is 5.42. The Morgan fingerprint density at radius 2 is 2.32 bits per heavy atom. The van der Waals surface area contributed by atoms with Crippen LogP contribution in [0.5, 0.6) is 0 Å². The summed E-state index contributed by atoms with van der Waals surface area (Å²) in [5.74, 6) is 0. The number of hydrogen-bond donors (Lipinski definition) is 1. The molecule has 1 N–H and O–H groups in total. The predicted molar refractivity (Wildman–Crippen MR) is 79.5 cm³/mol. The van der Waals surface area contributed by atoms with Crippen LogP contribution in [-0.4, -0.2) is 44.8 Å². The van der Waals surface area contributed by atoms with Gasteiger partial charge in [-0.25, -0.2) is 0 Å². The van der Waals surface area contributed by atoms with Gasteiger partial charge in [-0.15, -0.1) is 0 Å². The molecule has 1 saturated heterocycles. The molecule has 1 fully saturated rings. The quantitative estimate of drug-likeness (QED) is 0.852. The van der Waals surface area contributed by atoms with E-state index in [2.05, 4.69) is 48.5 Å². The van der Waals surface area contributed by atoms with Crippen molar-refractivity contribution in [2.75, 3.05) is 33.8 Å². The van der Waals surface area contributed by atoms with Crippen molar-refractivity contribution in [1.82, 2.24) is 10.2 Å². The van der Waals surface area contributed by atoms with Crippen LogP contribution in [0, 0.1) is 6.92 Å². The van der Waals surface area contributed by atoms with E-state index >= 15 is 0 Å². The van der Waals surface area contributed by atoms with Crippen LogP contribution < -0.4 is 5.32 Å². The van der Waals surface area contributed by atoms with E-state index in [0.29, 0.717) is 12.1 Å². The fourth-order valence-corrected chi connectivity index (χ4v) is 2.87. The van der Waals surface area contributed by atoms with Crippen molar-refractivity contribution in [1.29, 1.82) is 0 Å². The first-order valence-electron chi connectivity index (χ1n) is 7.22. The summed E-state index contributed by atoms with van der Waals surface area (Å²) in [5, 5.41) is 3.44. The Morgan fingerprint density at radius 1 is 1.47 bits per heavy atom. The summed E-state index contributed by atoms with van der Waals surface area (Å²) in [6.45, 7) is 5.54. The van der Waals surface area contributed by atoms with Crippen LogP contribution in [0.25, 0.3) is 0 Å². The third-order valence-corrected chi connectivity index (χ3v) is 4.09. The maximum Gasteiger partial charge on any atom is 0.0710 e. The molecule has 1 aromatic rings. The van der Waals surface area contributed by atoms with Gasteiger partial charge in [0.15, 0.2) is 0 Å². The number of rotatable bonds is 6. The Balaban J connectivity index is 1.86. The molecular weight excluding hydrogens is 236 g/mol. The lowest BCUT2D eigenvalue weighted by Crippen LogP contribution is -2.28. The number of likely N-dealkylation sites (tertiary alicyclic amines) is 1. The highest BCUT2D eigenvalue weighted by Crippen LogP contribution is 2.20. The summed E-state index contributed by atoms with van der Waals surface area (Å²) >= 11 is 0. The average Bonchev–Trinajstić information content (AvgIpc) is 2.87. The van der Waals surface area contributed by atoms with Gasteiger partial charge in [0.25, 0.3) is 0 Å². The summed E-state index contributed by atoms with van der Waals surface area (Å²) in [6.07, 6.45) is 2.76. The molecule has 1 aliphatic heterocycles. The van der Waals surface area contributed by atoms with Crippen LogP contribution in [-0.2, 0) is 4.74 Å². The fraction of sp³-hybridized carbons (Fsp3) is 0.625. The van der Waals surface area contributed by atoms with Crippen molar-refractivity contribution in [3.63, 3.8) is 0 Å².